The number of hydrogen-bond donors (Lipinski definition) is 0. The Morgan fingerprint density at radius 3 is 2.39 bits per heavy atom. The number of hydrogen-bond acceptors (Lipinski definition) is 2. The molecule has 0 bridgehead atoms. The predicted octanol–water partition coefficient (Wildman–Crippen LogP) is 3.41. The van der Waals surface area contributed by atoms with Crippen molar-refractivity contribution in [3.05, 3.63) is 35.4 Å². The lowest BCUT2D eigenvalue weighted by Gasteiger charge is -2.25. The van der Waals surface area contributed by atoms with Crippen molar-refractivity contribution in [2.75, 3.05) is 13.1 Å². The van der Waals surface area contributed by atoms with Gasteiger partial charge in [0.25, 0.3) is 0 Å². The van der Waals surface area contributed by atoms with Gasteiger partial charge in [-0.15, -0.1) is 0 Å². The average molecular weight is 250 g/mol. The zero-order chi connectivity index (χ0) is 13.0. The van der Waals surface area contributed by atoms with Crippen LogP contribution in [0.15, 0.2) is 18.2 Å². The van der Waals surface area contributed by atoms with Crippen molar-refractivity contribution in [2.45, 2.75) is 31.7 Å². The fourth-order valence-electron chi connectivity index (χ4n) is 2.43. The zero-order valence-corrected chi connectivity index (χ0v) is 10.2. The van der Waals surface area contributed by atoms with Crippen LogP contribution in [0.2, 0.25) is 0 Å². The smallest absolute Gasteiger partial charge is 0.129 e. The lowest BCUT2D eigenvalue weighted by molar-refractivity contribution is 0.241. The van der Waals surface area contributed by atoms with Crippen LogP contribution in [0.5, 0.6) is 0 Å². The summed E-state index contributed by atoms with van der Waals surface area (Å²) in [5, 5.41) is 9.26. The fourth-order valence-corrected chi connectivity index (χ4v) is 2.43. The van der Waals surface area contributed by atoms with Crippen molar-refractivity contribution >= 4 is 0 Å². The lowest BCUT2D eigenvalue weighted by Crippen LogP contribution is -2.29. The molecule has 2 nitrogen and oxygen atoms in total. The van der Waals surface area contributed by atoms with E-state index in [1.807, 2.05) is 4.90 Å². The first-order valence-corrected chi connectivity index (χ1v) is 6.31. The molecule has 0 radical (unpaired) electrons. The van der Waals surface area contributed by atoms with E-state index in [0.717, 1.165) is 57.0 Å². The highest BCUT2D eigenvalue weighted by Crippen LogP contribution is 2.26. The number of nitriles is 1. The number of halogens is 2. The van der Waals surface area contributed by atoms with Gasteiger partial charge in [0.15, 0.2) is 0 Å². The number of likely N-dealkylation sites (tertiary alicyclic amines) is 1. The molecule has 1 aromatic rings. The Hall–Kier alpha value is -1.47. The van der Waals surface area contributed by atoms with Crippen LogP contribution in [0.4, 0.5) is 8.78 Å². The number of rotatable bonds is 2. The first-order chi connectivity index (χ1) is 8.72. The molecule has 18 heavy (non-hydrogen) atoms. The molecule has 1 atom stereocenters. The lowest BCUT2D eigenvalue weighted by atomic mass is 10.1. The molecule has 4 heteroatoms. The van der Waals surface area contributed by atoms with Gasteiger partial charge in [-0.2, -0.15) is 5.26 Å². The van der Waals surface area contributed by atoms with E-state index in [0.29, 0.717) is 0 Å². The minimum Gasteiger partial charge on any atom is -0.284 e. The molecule has 0 aliphatic carbocycles. The van der Waals surface area contributed by atoms with Crippen molar-refractivity contribution in [3.63, 3.8) is 0 Å². The highest BCUT2D eigenvalue weighted by Gasteiger charge is 2.24. The van der Waals surface area contributed by atoms with E-state index in [1.165, 1.54) is 0 Å². The fraction of sp³-hybridized carbons (Fsp3) is 0.500. The summed E-state index contributed by atoms with van der Waals surface area (Å²) in [6.07, 6.45) is 4.30. The SMILES string of the molecule is N#CC(c1cc(F)ccc1F)N1CCCCCC1. The van der Waals surface area contributed by atoms with E-state index in [4.69, 9.17) is 0 Å². The Labute approximate surface area is 106 Å². The molecule has 1 aliphatic heterocycles. The standard InChI is InChI=1S/C14H16F2N2/c15-11-5-6-13(16)12(9-11)14(10-17)18-7-3-1-2-4-8-18/h5-6,9,14H,1-4,7-8H2. The maximum absolute atomic E-state index is 13.7. The predicted molar refractivity (Wildman–Crippen MR) is 64.8 cm³/mol. The van der Waals surface area contributed by atoms with Crippen LogP contribution in [0.3, 0.4) is 0 Å². The quantitative estimate of drug-likeness (QED) is 0.804. The van der Waals surface area contributed by atoms with Crippen LogP contribution in [0.1, 0.15) is 37.3 Å². The van der Waals surface area contributed by atoms with Crippen LogP contribution in [0, 0.1) is 23.0 Å². The minimum atomic E-state index is -0.682. The van der Waals surface area contributed by atoms with Crippen molar-refractivity contribution in [1.29, 1.82) is 5.26 Å². The van der Waals surface area contributed by atoms with Crippen LogP contribution >= 0.6 is 0 Å². The normalized spacial score (nSPS) is 18.9. The van der Waals surface area contributed by atoms with E-state index < -0.39 is 17.7 Å². The van der Waals surface area contributed by atoms with Gasteiger partial charge >= 0.3 is 0 Å². The Morgan fingerprint density at radius 1 is 1.11 bits per heavy atom. The Bertz CT molecular complexity index is 446. The van der Waals surface area contributed by atoms with E-state index in [-0.39, 0.29) is 5.56 Å². The minimum absolute atomic E-state index is 0.152. The maximum atomic E-state index is 13.7. The Kier molecular flexibility index (Phi) is 4.27. The van der Waals surface area contributed by atoms with Gasteiger partial charge in [-0.3, -0.25) is 4.90 Å². The van der Waals surface area contributed by atoms with Gasteiger partial charge in [0, 0.05) is 5.56 Å². The molecule has 1 fully saturated rings. The van der Waals surface area contributed by atoms with Crippen molar-refractivity contribution in [3.8, 4) is 6.07 Å². The molecule has 1 unspecified atom stereocenters. The molecule has 0 N–H and O–H groups in total. The second-order valence-corrected chi connectivity index (χ2v) is 4.65. The summed E-state index contributed by atoms with van der Waals surface area (Å²) in [4.78, 5) is 1.95. The van der Waals surface area contributed by atoms with Gasteiger partial charge in [-0.25, -0.2) is 8.78 Å². The van der Waals surface area contributed by atoms with Gasteiger partial charge in [0.05, 0.1) is 6.07 Å². The molecular formula is C14H16F2N2. The van der Waals surface area contributed by atoms with Crippen molar-refractivity contribution in [2.24, 2.45) is 0 Å². The first-order valence-electron chi connectivity index (χ1n) is 6.31. The second-order valence-electron chi connectivity index (χ2n) is 4.65. The van der Waals surface area contributed by atoms with E-state index in [9.17, 15) is 14.0 Å². The van der Waals surface area contributed by atoms with Crippen molar-refractivity contribution in [1.82, 2.24) is 4.90 Å². The monoisotopic (exact) mass is 250 g/mol. The molecule has 1 heterocycles. The summed E-state index contributed by atoms with van der Waals surface area (Å²) in [5.41, 5.74) is 0.152. The summed E-state index contributed by atoms with van der Waals surface area (Å²) < 4.78 is 26.9. The summed E-state index contributed by atoms with van der Waals surface area (Å²) in [7, 11) is 0. The molecule has 0 aromatic heterocycles. The molecule has 2 rings (SSSR count). The third kappa shape index (κ3) is 2.85. The van der Waals surface area contributed by atoms with Gasteiger partial charge in [0.1, 0.15) is 17.7 Å². The van der Waals surface area contributed by atoms with Gasteiger partial charge in [-0.1, -0.05) is 12.8 Å². The third-order valence-corrected chi connectivity index (χ3v) is 3.38. The third-order valence-electron chi connectivity index (χ3n) is 3.38. The van der Waals surface area contributed by atoms with E-state index in [2.05, 4.69) is 6.07 Å². The molecule has 0 saturated carbocycles. The van der Waals surface area contributed by atoms with Crippen molar-refractivity contribution < 1.29 is 8.78 Å². The molecule has 96 valence electrons. The molecular weight excluding hydrogens is 234 g/mol. The van der Waals surface area contributed by atoms with Crippen LogP contribution in [-0.2, 0) is 0 Å². The highest BCUT2D eigenvalue weighted by atomic mass is 19.1. The summed E-state index contributed by atoms with van der Waals surface area (Å²) in [6.45, 7) is 1.54. The number of nitrogens with zero attached hydrogens (tertiary/aromatic N) is 2. The largest absolute Gasteiger partial charge is 0.284 e. The summed E-state index contributed by atoms with van der Waals surface area (Å²) in [6, 6.07) is 4.72. The zero-order valence-electron chi connectivity index (χ0n) is 10.2. The van der Waals surface area contributed by atoms with Crippen LogP contribution in [-0.4, -0.2) is 18.0 Å². The Morgan fingerprint density at radius 2 is 1.78 bits per heavy atom. The van der Waals surface area contributed by atoms with Gasteiger partial charge in [-0.05, 0) is 44.1 Å². The van der Waals surface area contributed by atoms with E-state index in [1.54, 1.807) is 0 Å². The average Bonchev–Trinajstić information content (AvgIpc) is 2.64. The molecule has 1 saturated heterocycles. The highest BCUT2D eigenvalue weighted by molar-refractivity contribution is 5.26. The second kappa shape index (κ2) is 5.92. The molecule has 0 amide bonds. The topological polar surface area (TPSA) is 27.0 Å². The first kappa shape index (κ1) is 13.0. The maximum Gasteiger partial charge on any atom is 0.129 e. The van der Waals surface area contributed by atoms with E-state index >= 15 is 0 Å². The Balaban J connectivity index is 2.26. The van der Waals surface area contributed by atoms with Crippen LogP contribution in [0.25, 0.3) is 0 Å². The molecule has 0 spiro atoms. The van der Waals surface area contributed by atoms with Gasteiger partial charge < -0.3 is 0 Å². The van der Waals surface area contributed by atoms with Crippen LogP contribution < -0.4 is 0 Å². The van der Waals surface area contributed by atoms with Gasteiger partial charge in [0.2, 0.25) is 0 Å². The summed E-state index contributed by atoms with van der Waals surface area (Å²) >= 11 is 0. The molecule has 1 aliphatic rings. The number of benzene rings is 1. The molecule has 1 aromatic carbocycles. The summed E-state index contributed by atoms with van der Waals surface area (Å²) in [5.74, 6) is -1.01.